The number of amides is 1. The Balaban J connectivity index is 1.54. The molecule has 0 unspecified atom stereocenters. The molecular formula is C18H22N6OS. The van der Waals surface area contributed by atoms with Gasteiger partial charge in [-0.15, -0.1) is 15.3 Å². The maximum Gasteiger partial charge on any atom is 0.286 e. The van der Waals surface area contributed by atoms with E-state index in [0.717, 1.165) is 43.0 Å². The summed E-state index contributed by atoms with van der Waals surface area (Å²) >= 11 is 1.27. The number of benzene rings is 1. The van der Waals surface area contributed by atoms with Gasteiger partial charge >= 0.3 is 0 Å². The highest BCUT2D eigenvalue weighted by Gasteiger charge is 2.30. The Kier molecular flexibility index (Phi) is 4.36. The average molecular weight is 370 g/mol. The summed E-state index contributed by atoms with van der Waals surface area (Å²) in [6.45, 7) is 8.19. The lowest BCUT2D eigenvalue weighted by Gasteiger charge is -2.22. The Morgan fingerprint density at radius 3 is 2.73 bits per heavy atom. The van der Waals surface area contributed by atoms with Gasteiger partial charge in [0.25, 0.3) is 5.91 Å². The molecule has 1 aliphatic rings. The number of hydrogen-bond donors (Lipinski definition) is 1. The third-order valence-corrected chi connectivity index (χ3v) is 5.64. The molecule has 1 saturated carbocycles. The van der Waals surface area contributed by atoms with Crippen molar-refractivity contribution >= 4 is 33.6 Å². The van der Waals surface area contributed by atoms with E-state index in [0.29, 0.717) is 15.9 Å². The van der Waals surface area contributed by atoms with Crippen LogP contribution in [0.15, 0.2) is 18.2 Å². The number of anilines is 2. The lowest BCUT2D eigenvalue weighted by molar-refractivity contribution is 0.102. The number of carbonyl (C=O) groups is 1. The van der Waals surface area contributed by atoms with E-state index < -0.39 is 0 Å². The summed E-state index contributed by atoms with van der Waals surface area (Å²) in [6, 6.07) is 6.10. The van der Waals surface area contributed by atoms with Gasteiger partial charge in [-0.2, -0.15) is 4.52 Å². The summed E-state index contributed by atoms with van der Waals surface area (Å²) in [5.41, 5.74) is 3.00. The van der Waals surface area contributed by atoms with Gasteiger partial charge in [-0.3, -0.25) is 4.79 Å². The van der Waals surface area contributed by atoms with Gasteiger partial charge in [0.2, 0.25) is 9.97 Å². The molecule has 0 saturated heterocycles. The fraction of sp³-hybridized carbons (Fsp3) is 0.444. The van der Waals surface area contributed by atoms with Gasteiger partial charge < -0.3 is 10.2 Å². The zero-order chi connectivity index (χ0) is 18.3. The molecule has 0 aliphatic heterocycles. The largest absolute Gasteiger partial charge is 0.372 e. The SMILES string of the molecule is CCN(CC)c1ccc(NC(=O)c2nn3c(C4CC4)nnc3s2)c(C)c1. The van der Waals surface area contributed by atoms with Gasteiger partial charge in [0.15, 0.2) is 5.82 Å². The van der Waals surface area contributed by atoms with Crippen LogP contribution >= 0.6 is 11.3 Å². The number of carbonyl (C=O) groups excluding carboxylic acids is 1. The topological polar surface area (TPSA) is 75.4 Å². The predicted molar refractivity (Wildman–Crippen MR) is 103 cm³/mol. The minimum Gasteiger partial charge on any atom is -0.372 e. The number of fused-ring (bicyclic) bond motifs is 1. The number of aryl methyl sites for hydroxylation is 1. The van der Waals surface area contributed by atoms with Crippen molar-refractivity contribution in [2.75, 3.05) is 23.3 Å². The van der Waals surface area contributed by atoms with Crippen LogP contribution in [0, 0.1) is 6.92 Å². The van der Waals surface area contributed by atoms with Gasteiger partial charge in [-0.25, -0.2) is 0 Å². The maximum absolute atomic E-state index is 12.6. The smallest absolute Gasteiger partial charge is 0.286 e. The maximum atomic E-state index is 12.6. The summed E-state index contributed by atoms with van der Waals surface area (Å²) in [4.78, 5) is 15.6. The first kappa shape index (κ1) is 17.0. The molecule has 1 amide bonds. The zero-order valence-electron chi connectivity index (χ0n) is 15.2. The molecule has 2 heterocycles. The molecule has 1 fully saturated rings. The quantitative estimate of drug-likeness (QED) is 0.719. The van der Waals surface area contributed by atoms with Crippen molar-refractivity contribution in [1.82, 2.24) is 19.8 Å². The van der Waals surface area contributed by atoms with E-state index in [9.17, 15) is 4.79 Å². The third-order valence-electron chi connectivity index (χ3n) is 4.74. The van der Waals surface area contributed by atoms with Crippen LogP contribution in [0.1, 0.15) is 53.8 Å². The highest BCUT2D eigenvalue weighted by Crippen LogP contribution is 2.39. The van der Waals surface area contributed by atoms with E-state index in [1.54, 1.807) is 4.52 Å². The summed E-state index contributed by atoms with van der Waals surface area (Å²) in [7, 11) is 0. The fourth-order valence-corrected chi connectivity index (χ4v) is 3.81. The third kappa shape index (κ3) is 3.05. The Bertz CT molecular complexity index is 954. The van der Waals surface area contributed by atoms with Gasteiger partial charge in [0.05, 0.1) is 0 Å². The van der Waals surface area contributed by atoms with Gasteiger partial charge in [0, 0.05) is 30.4 Å². The van der Waals surface area contributed by atoms with Gasteiger partial charge in [-0.1, -0.05) is 11.3 Å². The molecule has 8 heteroatoms. The molecule has 26 heavy (non-hydrogen) atoms. The molecule has 0 bridgehead atoms. The van der Waals surface area contributed by atoms with Crippen LogP contribution in [-0.4, -0.2) is 38.8 Å². The Morgan fingerprint density at radius 1 is 1.31 bits per heavy atom. The van der Waals surface area contributed by atoms with Crippen molar-refractivity contribution in [1.29, 1.82) is 0 Å². The van der Waals surface area contributed by atoms with Crippen LogP contribution < -0.4 is 10.2 Å². The van der Waals surface area contributed by atoms with E-state index in [4.69, 9.17) is 0 Å². The monoisotopic (exact) mass is 370 g/mol. The fourth-order valence-electron chi connectivity index (χ4n) is 3.07. The molecule has 7 nitrogen and oxygen atoms in total. The zero-order valence-corrected chi connectivity index (χ0v) is 16.0. The number of hydrogen-bond acceptors (Lipinski definition) is 6. The molecule has 2 aromatic heterocycles. The summed E-state index contributed by atoms with van der Waals surface area (Å²) in [6.07, 6.45) is 2.25. The minimum absolute atomic E-state index is 0.207. The van der Waals surface area contributed by atoms with Crippen molar-refractivity contribution in [2.45, 2.75) is 39.5 Å². The predicted octanol–water partition coefficient (Wildman–Crippen LogP) is 3.47. The number of aromatic nitrogens is 4. The molecular weight excluding hydrogens is 348 g/mol. The second-order valence-corrected chi connectivity index (χ2v) is 7.52. The number of rotatable bonds is 6. The molecule has 3 aromatic rings. The van der Waals surface area contributed by atoms with Crippen LogP contribution in [0.25, 0.3) is 4.96 Å². The first-order valence-electron chi connectivity index (χ1n) is 8.99. The second kappa shape index (κ2) is 6.68. The number of nitrogens with zero attached hydrogens (tertiary/aromatic N) is 5. The molecule has 1 N–H and O–H groups in total. The summed E-state index contributed by atoms with van der Waals surface area (Å²) in [5, 5.41) is 16.1. The van der Waals surface area contributed by atoms with Crippen molar-refractivity contribution in [3.05, 3.63) is 34.6 Å². The van der Waals surface area contributed by atoms with Gasteiger partial charge in [-0.05, 0) is 57.4 Å². The molecule has 0 radical (unpaired) electrons. The first-order valence-corrected chi connectivity index (χ1v) is 9.81. The minimum atomic E-state index is -0.207. The molecule has 0 spiro atoms. The molecule has 4 rings (SSSR count). The summed E-state index contributed by atoms with van der Waals surface area (Å²) in [5.74, 6) is 1.11. The first-order chi connectivity index (χ1) is 12.6. The normalized spacial score (nSPS) is 14.0. The van der Waals surface area contributed by atoms with E-state index in [2.05, 4.69) is 45.4 Å². The molecule has 1 aliphatic carbocycles. The van der Waals surface area contributed by atoms with Crippen molar-refractivity contribution < 1.29 is 4.79 Å². The molecule has 0 atom stereocenters. The Morgan fingerprint density at radius 2 is 2.08 bits per heavy atom. The number of nitrogens with one attached hydrogen (secondary N) is 1. The lowest BCUT2D eigenvalue weighted by atomic mass is 10.1. The average Bonchev–Trinajstić information content (AvgIpc) is 3.25. The van der Waals surface area contributed by atoms with E-state index in [-0.39, 0.29) is 5.91 Å². The van der Waals surface area contributed by atoms with E-state index >= 15 is 0 Å². The molecule has 1 aromatic carbocycles. The second-order valence-electron chi connectivity index (χ2n) is 6.56. The summed E-state index contributed by atoms with van der Waals surface area (Å²) < 4.78 is 1.72. The lowest BCUT2D eigenvalue weighted by Crippen LogP contribution is -2.22. The standard InChI is InChI=1S/C18H22N6OS/c1-4-23(5-2)13-8-9-14(11(3)10-13)19-16(25)17-22-24-15(12-6-7-12)20-21-18(24)26-17/h8-10,12H,4-7H2,1-3H3,(H,19,25). The highest BCUT2D eigenvalue weighted by molar-refractivity contribution is 7.18. The van der Waals surface area contributed by atoms with Crippen molar-refractivity contribution in [3.8, 4) is 0 Å². The highest BCUT2D eigenvalue weighted by atomic mass is 32.1. The van der Waals surface area contributed by atoms with Crippen LogP contribution in [-0.2, 0) is 0 Å². The van der Waals surface area contributed by atoms with Crippen LogP contribution in [0.4, 0.5) is 11.4 Å². The van der Waals surface area contributed by atoms with Crippen molar-refractivity contribution in [3.63, 3.8) is 0 Å². The molecule has 136 valence electrons. The Labute approximate surface area is 156 Å². The van der Waals surface area contributed by atoms with Crippen LogP contribution in [0.2, 0.25) is 0 Å². The van der Waals surface area contributed by atoms with E-state index in [1.165, 1.54) is 17.0 Å². The Hall–Kier alpha value is -2.48. The van der Waals surface area contributed by atoms with Gasteiger partial charge in [0.1, 0.15) is 0 Å². The van der Waals surface area contributed by atoms with Crippen molar-refractivity contribution in [2.24, 2.45) is 0 Å². The van der Waals surface area contributed by atoms with E-state index in [1.807, 2.05) is 19.1 Å². The van der Waals surface area contributed by atoms with Crippen LogP contribution in [0.3, 0.4) is 0 Å². The van der Waals surface area contributed by atoms with Crippen LogP contribution in [0.5, 0.6) is 0 Å².